The Bertz CT molecular complexity index is 735. The average Bonchev–Trinajstić information content (AvgIpc) is 2.75. The number of nitrogens with zero attached hydrogens (tertiary/aromatic N) is 1. The number of fused-ring (bicyclic) bond motifs is 1. The molecule has 0 radical (unpaired) electrons. The minimum Gasteiger partial charge on any atom is -0.295 e. The third-order valence-corrected chi connectivity index (χ3v) is 8.41. The number of sulfone groups is 1. The summed E-state index contributed by atoms with van der Waals surface area (Å²) in [5.41, 5.74) is 0.544. The number of rotatable bonds is 3. The minimum absolute atomic E-state index is 0.00162. The topological polar surface area (TPSA) is 97.5 Å². The summed E-state index contributed by atoms with van der Waals surface area (Å²) in [4.78, 5) is 2.08. The van der Waals surface area contributed by atoms with Crippen LogP contribution in [0.25, 0.3) is 0 Å². The molecule has 0 saturated heterocycles. The van der Waals surface area contributed by atoms with Crippen molar-refractivity contribution in [3.05, 3.63) is 11.6 Å². The first-order valence-electron chi connectivity index (χ1n) is 6.65. The van der Waals surface area contributed by atoms with Crippen molar-refractivity contribution in [1.82, 2.24) is 4.90 Å². The van der Waals surface area contributed by atoms with Gasteiger partial charge in [-0.05, 0) is 24.5 Å². The molecule has 2 N–H and O–H groups in total. The van der Waals surface area contributed by atoms with E-state index >= 15 is 0 Å². The van der Waals surface area contributed by atoms with Crippen LogP contribution < -0.4 is 5.14 Å². The third kappa shape index (κ3) is 3.48. The maximum absolute atomic E-state index is 12.4. The zero-order valence-corrected chi connectivity index (χ0v) is 14.7. The molecule has 0 bridgehead atoms. The van der Waals surface area contributed by atoms with Crippen LogP contribution in [0, 0.1) is 5.92 Å². The first-order chi connectivity index (χ1) is 9.52. The summed E-state index contributed by atoms with van der Waals surface area (Å²) in [7, 11) is -7.35. The maximum Gasteiger partial charge on any atom is 0.247 e. The maximum atomic E-state index is 12.4. The van der Waals surface area contributed by atoms with Crippen molar-refractivity contribution in [2.75, 3.05) is 18.8 Å². The van der Waals surface area contributed by atoms with Gasteiger partial charge in [0.25, 0.3) is 0 Å². The second-order valence-corrected chi connectivity index (χ2v) is 10.9. The highest BCUT2D eigenvalue weighted by molar-refractivity contribution is 7.95. The Balaban J connectivity index is 2.56. The molecule has 1 atom stereocenters. The number of sulfonamides is 1. The Morgan fingerprint density at radius 1 is 1.48 bits per heavy atom. The smallest absolute Gasteiger partial charge is 0.247 e. The van der Waals surface area contributed by atoms with Gasteiger partial charge in [-0.15, -0.1) is 11.3 Å². The number of hydrogen-bond acceptors (Lipinski definition) is 6. The van der Waals surface area contributed by atoms with Crippen LogP contribution in [0.5, 0.6) is 0 Å². The van der Waals surface area contributed by atoms with Gasteiger partial charge in [-0.25, -0.2) is 22.0 Å². The molecule has 0 fully saturated rings. The Morgan fingerprint density at radius 2 is 2.10 bits per heavy atom. The van der Waals surface area contributed by atoms with E-state index in [1.165, 1.54) is 6.07 Å². The molecule has 2 heterocycles. The van der Waals surface area contributed by atoms with Gasteiger partial charge >= 0.3 is 0 Å². The number of primary sulfonamides is 1. The van der Waals surface area contributed by atoms with Crippen molar-refractivity contribution in [3.8, 4) is 0 Å². The van der Waals surface area contributed by atoms with Crippen LogP contribution in [0.15, 0.2) is 14.5 Å². The highest BCUT2D eigenvalue weighted by Crippen LogP contribution is 2.38. The van der Waals surface area contributed by atoms with E-state index in [1.807, 2.05) is 6.92 Å². The lowest BCUT2D eigenvalue weighted by Gasteiger charge is -2.28. The summed E-state index contributed by atoms with van der Waals surface area (Å²) in [5, 5.41) is 5.13. The van der Waals surface area contributed by atoms with Gasteiger partial charge < -0.3 is 0 Å². The van der Waals surface area contributed by atoms with Crippen molar-refractivity contribution in [3.63, 3.8) is 0 Å². The first-order valence-corrected chi connectivity index (χ1v) is 10.7. The number of thiophene rings is 1. The molecular formula is C12H20N2O4S3. The van der Waals surface area contributed by atoms with Crippen LogP contribution in [-0.4, -0.2) is 40.6 Å². The lowest BCUT2D eigenvalue weighted by molar-refractivity contribution is 0.199. The molecule has 0 unspecified atom stereocenters. The van der Waals surface area contributed by atoms with Gasteiger partial charge in [0, 0.05) is 19.1 Å². The lowest BCUT2D eigenvalue weighted by atomic mass is 10.1. The first kappa shape index (κ1) is 16.9. The molecule has 1 aromatic rings. The summed E-state index contributed by atoms with van der Waals surface area (Å²) in [5.74, 6) is 0.398. The average molecular weight is 353 g/mol. The van der Waals surface area contributed by atoms with Crippen molar-refractivity contribution >= 4 is 31.2 Å². The third-order valence-electron chi connectivity index (χ3n) is 3.51. The van der Waals surface area contributed by atoms with E-state index in [0.717, 1.165) is 17.9 Å². The van der Waals surface area contributed by atoms with Crippen molar-refractivity contribution in [1.29, 1.82) is 0 Å². The fourth-order valence-corrected chi connectivity index (χ4v) is 6.64. The molecule has 0 amide bonds. The van der Waals surface area contributed by atoms with Gasteiger partial charge in [0.1, 0.15) is 8.42 Å². The predicted octanol–water partition coefficient (Wildman–Crippen LogP) is 1.20. The van der Waals surface area contributed by atoms with E-state index in [4.69, 9.17) is 5.14 Å². The molecular weight excluding hydrogens is 332 g/mol. The monoisotopic (exact) mass is 352 g/mol. The Hall–Kier alpha value is -0.480. The predicted molar refractivity (Wildman–Crippen MR) is 82.6 cm³/mol. The second kappa shape index (κ2) is 5.62. The molecule has 21 heavy (non-hydrogen) atoms. The lowest BCUT2D eigenvalue weighted by Crippen LogP contribution is -2.32. The fraction of sp³-hybridized carbons (Fsp3) is 0.667. The van der Waals surface area contributed by atoms with Crippen LogP contribution in [-0.2, 0) is 19.9 Å². The molecule has 1 aromatic heterocycles. The van der Waals surface area contributed by atoms with E-state index in [2.05, 4.69) is 18.7 Å². The molecule has 0 spiro atoms. The number of nitrogens with two attached hydrogens (primary N) is 1. The zero-order chi connectivity index (χ0) is 16.0. The van der Waals surface area contributed by atoms with Crippen LogP contribution in [0.2, 0.25) is 0 Å². The van der Waals surface area contributed by atoms with E-state index < -0.39 is 19.9 Å². The summed E-state index contributed by atoms with van der Waals surface area (Å²) in [6, 6.07) is 1.27. The molecule has 0 aromatic carbocycles. The van der Waals surface area contributed by atoms with Gasteiger partial charge in [-0.3, -0.25) is 4.90 Å². The normalized spacial score (nSPS) is 23.0. The quantitative estimate of drug-likeness (QED) is 0.881. The van der Waals surface area contributed by atoms with Gasteiger partial charge in [0.15, 0.2) is 9.84 Å². The Morgan fingerprint density at radius 3 is 2.62 bits per heavy atom. The molecule has 1 aliphatic rings. The summed E-state index contributed by atoms with van der Waals surface area (Å²) >= 11 is 0.760. The van der Waals surface area contributed by atoms with Crippen molar-refractivity contribution in [2.24, 2.45) is 11.1 Å². The molecule has 120 valence electrons. The highest BCUT2D eigenvalue weighted by Gasteiger charge is 2.34. The largest absolute Gasteiger partial charge is 0.295 e. The summed E-state index contributed by atoms with van der Waals surface area (Å²) < 4.78 is 47.8. The van der Waals surface area contributed by atoms with Crippen molar-refractivity contribution < 1.29 is 16.8 Å². The molecule has 2 rings (SSSR count). The Labute approximate surface area is 129 Å². The molecule has 9 heteroatoms. The van der Waals surface area contributed by atoms with Crippen LogP contribution in [0.4, 0.5) is 0 Å². The second-order valence-electron chi connectivity index (χ2n) is 5.74. The van der Waals surface area contributed by atoms with Crippen LogP contribution in [0.3, 0.4) is 0 Å². The molecule has 1 aliphatic heterocycles. The summed E-state index contributed by atoms with van der Waals surface area (Å²) in [6.07, 6.45) is 0. The van der Waals surface area contributed by atoms with Crippen LogP contribution in [0.1, 0.15) is 32.4 Å². The van der Waals surface area contributed by atoms with Crippen molar-refractivity contribution in [2.45, 2.75) is 35.2 Å². The van der Waals surface area contributed by atoms with E-state index in [-0.39, 0.29) is 20.2 Å². The fourth-order valence-electron chi connectivity index (χ4n) is 2.48. The Kier molecular flexibility index (Phi) is 4.52. The summed E-state index contributed by atoms with van der Waals surface area (Å²) in [6.45, 7) is 7.25. The highest BCUT2D eigenvalue weighted by atomic mass is 32.3. The SMILES string of the molecule is CC(C)CN1CCS(=O)(=O)c2sc(S(N)(=O)=O)cc2[C@@H]1C. The van der Waals surface area contributed by atoms with Gasteiger partial charge in [0.2, 0.25) is 10.0 Å². The van der Waals surface area contributed by atoms with Gasteiger partial charge in [0.05, 0.1) is 5.75 Å². The van der Waals surface area contributed by atoms with Crippen LogP contribution >= 0.6 is 11.3 Å². The minimum atomic E-state index is -3.89. The molecule has 0 aliphatic carbocycles. The number of hydrogen-bond donors (Lipinski definition) is 1. The zero-order valence-electron chi connectivity index (χ0n) is 12.2. The van der Waals surface area contributed by atoms with Gasteiger partial charge in [-0.2, -0.15) is 0 Å². The van der Waals surface area contributed by atoms with Gasteiger partial charge in [-0.1, -0.05) is 13.8 Å². The standard InChI is InChI=1S/C12H20N2O4S3/c1-8(2)7-14-4-5-20(15,16)12-10(9(14)3)6-11(19-12)21(13,17)18/h6,8-9H,4-5,7H2,1-3H3,(H2,13,17,18)/t9-/m0/s1. The van der Waals surface area contributed by atoms with E-state index in [1.54, 1.807) is 0 Å². The van der Waals surface area contributed by atoms with E-state index in [9.17, 15) is 16.8 Å². The molecule has 6 nitrogen and oxygen atoms in total. The van der Waals surface area contributed by atoms with E-state index in [0.29, 0.717) is 18.0 Å². The molecule has 0 saturated carbocycles.